The predicted molar refractivity (Wildman–Crippen MR) is 100 cm³/mol. The molecule has 2 aromatic carbocycles. The van der Waals surface area contributed by atoms with Crippen molar-refractivity contribution in [3.8, 4) is 0 Å². The lowest BCUT2D eigenvalue weighted by Gasteiger charge is -2.11. The Morgan fingerprint density at radius 2 is 1.44 bits per heavy atom. The summed E-state index contributed by atoms with van der Waals surface area (Å²) in [5.74, 6) is -0.268. The van der Waals surface area contributed by atoms with E-state index < -0.39 is 6.03 Å². The Morgan fingerprint density at radius 3 is 2.08 bits per heavy atom. The van der Waals surface area contributed by atoms with E-state index in [-0.39, 0.29) is 12.3 Å². The van der Waals surface area contributed by atoms with Gasteiger partial charge in [0.05, 0.1) is 0 Å². The van der Waals surface area contributed by atoms with E-state index >= 15 is 0 Å². The van der Waals surface area contributed by atoms with E-state index in [9.17, 15) is 9.59 Å². The molecule has 0 bridgehead atoms. The first-order valence-electron chi connectivity index (χ1n) is 8.17. The van der Waals surface area contributed by atoms with Crippen LogP contribution in [-0.4, -0.2) is 18.5 Å². The highest BCUT2D eigenvalue weighted by Gasteiger charge is 2.05. The van der Waals surface area contributed by atoms with Gasteiger partial charge in [-0.05, 0) is 56.2 Å². The topological polar surface area (TPSA) is 82.3 Å². The van der Waals surface area contributed by atoms with E-state index in [0.717, 1.165) is 16.8 Å². The minimum atomic E-state index is -0.482. The number of benzene rings is 2. The normalized spacial score (nSPS) is 10.0. The minimum absolute atomic E-state index is 0.248. The molecular formula is C19H24N4O2. The van der Waals surface area contributed by atoms with Gasteiger partial charge < -0.3 is 10.6 Å². The molecule has 0 heterocycles. The fourth-order valence-corrected chi connectivity index (χ4v) is 2.39. The van der Waals surface area contributed by atoms with Crippen molar-refractivity contribution >= 4 is 23.3 Å². The zero-order valence-corrected chi connectivity index (χ0v) is 14.8. The number of hydrogen-bond acceptors (Lipinski definition) is 3. The lowest BCUT2D eigenvalue weighted by atomic mass is 10.1. The third-order valence-electron chi connectivity index (χ3n) is 3.53. The van der Waals surface area contributed by atoms with E-state index in [0.29, 0.717) is 12.2 Å². The molecule has 0 aliphatic carbocycles. The molecule has 3 amide bonds. The van der Waals surface area contributed by atoms with Crippen LogP contribution in [0.1, 0.15) is 23.1 Å². The molecule has 4 N–H and O–H groups in total. The molecule has 0 aliphatic heterocycles. The fraction of sp³-hybridized carbons (Fsp3) is 0.263. The van der Waals surface area contributed by atoms with Crippen molar-refractivity contribution in [1.29, 1.82) is 0 Å². The van der Waals surface area contributed by atoms with Crippen molar-refractivity contribution in [2.24, 2.45) is 0 Å². The molecule has 132 valence electrons. The molecule has 2 aromatic rings. The van der Waals surface area contributed by atoms with Crippen molar-refractivity contribution in [3.05, 3.63) is 59.2 Å². The smallest absolute Gasteiger partial charge is 0.337 e. The third kappa shape index (κ3) is 6.55. The van der Waals surface area contributed by atoms with E-state index in [1.165, 1.54) is 5.56 Å². The highest BCUT2D eigenvalue weighted by molar-refractivity contribution is 5.91. The van der Waals surface area contributed by atoms with Gasteiger partial charge in [-0.15, -0.1) is 0 Å². The van der Waals surface area contributed by atoms with Crippen LogP contribution >= 0.6 is 0 Å². The second-order valence-electron chi connectivity index (χ2n) is 6.05. The van der Waals surface area contributed by atoms with Crippen LogP contribution in [0.15, 0.2) is 42.5 Å². The molecule has 0 aromatic heterocycles. The second-order valence-corrected chi connectivity index (χ2v) is 6.05. The lowest BCUT2D eigenvalue weighted by Crippen LogP contribution is -2.44. The quantitative estimate of drug-likeness (QED) is 0.631. The van der Waals surface area contributed by atoms with E-state index in [1.807, 2.05) is 63.2 Å². The summed E-state index contributed by atoms with van der Waals surface area (Å²) in [6.07, 6.45) is 0.248. The summed E-state index contributed by atoms with van der Waals surface area (Å²) in [6.45, 7) is 6.42. The maximum Gasteiger partial charge on any atom is 0.337 e. The largest absolute Gasteiger partial charge is 0.385 e. The zero-order valence-electron chi connectivity index (χ0n) is 14.8. The van der Waals surface area contributed by atoms with Crippen LogP contribution in [0.5, 0.6) is 0 Å². The first-order valence-corrected chi connectivity index (χ1v) is 8.17. The van der Waals surface area contributed by atoms with Gasteiger partial charge in [-0.2, -0.15) is 0 Å². The Balaban J connectivity index is 1.68. The highest BCUT2D eigenvalue weighted by Crippen LogP contribution is 2.13. The van der Waals surface area contributed by atoms with Crippen LogP contribution in [0.25, 0.3) is 0 Å². The Labute approximate surface area is 148 Å². The summed E-state index contributed by atoms with van der Waals surface area (Å²) in [5, 5.41) is 5.84. The molecular weight excluding hydrogens is 316 g/mol. The summed E-state index contributed by atoms with van der Waals surface area (Å²) >= 11 is 0. The van der Waals surface area contributed by atoms with E-state index in [4.69, 9.17) is 0 Å². The number of urea groups is 1. The molecule has 25 heavy (non-hydrogen) atoms. The first kappa shape index (κ1) is 18.3. The Hall–Kier alpha value is -3.02. The van der Waals surface area contributed by atoms with Crippen LogP contribution in [0.2, 0.25) is 0 Å². The Bertz CT molecular complexity index is 721. The number of anilines is 2. The van der Waals surface area contributed by atoms with Gasteiger partial charge in [-0.25, -0.2) is 10.2 Å². The van der Waals surface area contributed by atoms with Gasteiger partial charge in [0, 0.05) is 24.3 Å². The maximum absolute atomic E-state index is 11.8. The van der Waals surface area contributed by atoms with Gasteiger partial charge in [0.15, 0.2) is 0 Å². The maximum atomic E-state index is 11.8. The van der Waals surface area contributed by atoms with Crippen LogP contribution < -0.4 is 21.5 Å². The number of carbonyl (C=O) groups is 2. The second kappa shape index (κ2) is 8.73. The average Bonchev–Trinajstić information content (AvgIpc) is 2.54. The summed E-state index contributed by atoms with van der Waals surface area (Å²) < 4.78 is 0. The standard InChI is InChI=1S/C19H24N4O2/c1-13-4-6-16(7-5-13)20-9-8-18(24)22-23-19(25)21-17-11-14(2)10-15(3)12-17/h4-7,10-12,20H,8-9H2,1-3H3,(H,22,24)(H2,21,23,25). The molecule has 0 saturated carbocycles. The van der Waals surface area contributed by atoms with Crippen molar-refractivity contribution in [1.82, 2.24) is 10.9 Å². The summed E-state index contributed by atoms with van der Waals surface area (Å²) in [4.78, 5) is 23.6. The Kier molecular flexibility index (Phi) is 6.39. The first-order chi connectivity index (χ1) is 11.9. The van der Waals surface area contributed by atoms with E-state index in [2.05, 4.69) is 21.5 Å². The minimum Gasteiger partial charge on any atom is -0.385 e. The third-order valence-corrected chi connectivity index (χ3v) is 3.53. The molecule has 6 heteroatoms. The number of amides is 3. The van der Waals surface area contributed by atoms with Crippen molar-refractivity contribution in [3.63, 3.8) is 0 Å². The number of hydrazine groups is 1. The molecule has 2 rings (SSSR count). The number of rotatable bonds is 5. The molecule has 0 unspecified atom stereocenters. The molecule has 0 fully saturated rings. The molecule has 0 spiro atoms. The van der Waals surface area contributed by atoms with Crippen molar-refractivity contribution in [2.75, 3.05) is 17.2 Å². The zero-order chi connectivity index (χ0) is 18.2. The van der Waals surface area contributed by atoms with Gasteiger partial charge in [0.2, 0.25) is 5.91 Å². The number of aryl methyl sites for hydroxylation is 3. The summed E-state index contributed by atoms with van der Waals surface area (Å²) in [5.41, 5.74) is 9.67. The van der Waals surface area contributed by atoms with Gasteiger partial charge in [-0.1, -0.05) is 23.8 Å². The molecule has 0 atom stereocenters. The summed E-state index contributed by atoms with van der Waals surface area (Å²) in [6, 6.07) is 13.2. The molecule has 0 saturated heterocycles. The molecule has 6 nitrogen and oxygen atoms in total. The number of hydrogen-bond donors (Lipinski definition) is 4. The monoisotopic (exact) mass is 340 g/mol. The van der Waals surface area contributed by atoms with Crippen molar-refractivity contribution in [2.45, 2.75) is 27.2 Å². The van der Waals surface area contributed by atoms with Gasteiger partial charge in [-0.3, -0.25) is 10.2 Å². The number of carbonyl (C=O) groups excluding carboxylic acids is 2. The van der Waals surface area contributed by atoms with Crippen LogP contribution in [0.3, 0.4) is 0 Å². The van der Waals surface area contributed by atoms with Gasteiger partial charge >= 0.3 is 6.03 Å². The van der Waals surface area contributed by atoms with Gasteiger partial charge in [0.25, 0.3) is 0 Å². The van der Waals surface area contributed by atoms with Crippen LogP contribution in [-0.2, 0) is 4.79 Å². The van der Waals surface area contributed by atoms with Gasteiger partial charge in [0.1, 0.15) is 0 Å². The SMILES string of the molecule is Cc1ccc(NCCC(=O)NNC(=O)Nc2cc(C)cc(C)c2)cc1. The van der Waals surface area contributed by atoms with Crippen molar-refractivity contribution < 1.29 is 9.59 Å². The highest BCUT2D eigenvalue weighted by atomic mass is 16.2. The molecule has 0 radical (unpaired) electrons. The molecule has 0 aliphatic rings. The summed E-state index contributed by atoms with van der Waals surface area (Å²) in [7, 11) is 0. The van der Waals surface area contributed by atoms with E-state index in [1.54, 1.807) is 0 Å². The fourth-order valence-electron chi connectivity index (χ4n) is 2.39. The lowest BCUT2D eigenvalue weighted by molar-refractivity contribution is -0.121. The number of nitrogens with one attached hydrogen (secondary N) is 4. The average molecular weight is 340 g/mol. The predicted octanol–water partition coefficient (Wildman–Crippen LogP) is 3.27. The Morgan fingerprint density at radius 1 is 0.800 bits per heavy atom. The van der Waals surface area contributed by atoms with Crippen LogP contribution in [0.4, 0.5) is 16.2 Å². The van der Waals surface area contributed by atoms with Crippen LogP contribution in [0, 0.1) is 20.8 Å².